The lowest BCUT2D eigenvalue weighted by molar-refractivity contribution is -0.137. The summed E-state index contributed by atoms with van der Waals surface area (Å²) in [5.74, 6) is 3.48. The highest BCUT2D eigenvalue weighted by atomic mass is 16.2. The molecule has 0 saturated heterocycles. The minimum absolute atomic E-state index is 0.152. The van der Waals surface area contributed by atoms with E-state index in [2.05, 4.69) is 13.8 Å². The summed E-state index contributed by atoms with van der Waals surface area (Å²) in [7, 11) is 1.97. The van der Waals surface area contributed by atoms with E-state index >= 15 is 0 Å². The maximum Gasteiger partial charge on any atom is 0.239 e. The molecule has 0 aromatic heterocycles. The van der Waals surface area contributed by atoms with Crippen molar-refractivity contribution < 1.29 is 4.79 Å². The Morgan fingerprint density at radius 1 is 1.14 bits per heavy atom. The average Bonchev–Trinajstić information content (AvgIpc) is 2.34. The summed E-state index contributed by atoms with van der Waals surface area (Å²) in [5.41, 5.74) is 6.52. The van der Waals surface area contributed by atoms with Gasteiger partial charge in [-0.3, -0.25) is 4.79 Å². The Morgan fingerprint density at radius 2 is 1.62 bits per heavy atom. The molecular weight excluding hydrogens is 260 g/mol. The van der Waals surface area contributed by atoms with E-state index in [0.717, 1.165) is 30.7 Å². The zero-order valence-electron chi connectivity index (χ0n) is 14.0. The molecule has 3 heteroatoms. The van der Waals surface area contributed by atoms with Crippen LogP contribution in [0.15, 0.2) is 0 Å². The molecule has 0 radical (unpaired) electrons. The van der Waals surface area contributed by atoms with Crippen molar-refractivity contribution in [2.45, 2.75) is 64.8 Å². The first-order chi connectivity index (χ1) is 9.87. The van der Waals surface area contributed by atoms with Crippen molar-refractivity contribution in [2.75, 3.05) is 13.6 Å². The van der Waals surface area contributed by atoms with Crippen molar-refractivity contribution in [1.29, 1.82) is 0 Å². The molecule has 0 spiro atoms. The molecule has 4 saturated carbocycles. The molecule has 0 heterocycles. The van der Waals surface area contributed by atoms with Gasteiger partial charge in [0.1, 0.15) is 0 Å². The SMILES string of the molecule is CC(C)CC(N)C(=O)N(C)CC12CC3CC(CC(C3)C1)C2. The predicted octanol–water partition coefficient (Wildman–Crippen LogP) is 3.03. The van der Waals surface area contributed by atoms with Crippen molar-refractivity contribution in [3.63, 3.8) is 0 Å². The molecule has 120 valence electrons. The smallest absolute Gasteiger partial charge is 0.239 e. The highest BCUT2D eigenvalue weighted by Gasteiger charge is 2.51. The van der Waals surface area contributed by atoms with Gasteiger partial charge in [-0.2, -0.15) is 0 Å². The van der Waals surface area contributed by atoms with Crippen molar-refractivity contribution >= 4 is 5.91 Å². The Hall–Kier alpha value is -0.570. The molecule has 21 heavy (non-hydrogen) atoms. The third-order valence-electron chi connectivity index (χ3n) is 6.16. The maximum absolute atomic E-state index is 12.5. The number of nitrogens with zero attached hydrogens (tertiary/aromatic N) is 1. The second kappa shape index (κ2) is 5.57. The van der Waals surface area contributed by atoms with Crippen molar-refractivity contribution in [3.05, 3.63) is 0 Å². The first-order valence-electron chi connectivity index (χ1n) is 8.87. The minimum Gasteiger partial charge on any atom is -0.344 e. The third-order valence-corrected chi connectivity index (χ3v) is 6.16. The van der Waals surface area contributed by atoms with Crippen LogP contribution in [0, 0.1) is 29.1 Å². The van der Waals surface area contributed by atoms with E-state index in [1.807, 2.05) is 11.9 Å². The van der Waals surface area contributed by atoms with Gasteiger partial charge < -0.3 is 10.6 Å². The van der Waals surface area contributed by atoms with Crippen LogP contribution in [-0.4, -0.2) is 30.4 Å². The summed E-state index contributed by atoms with van der Waals surface area (Å²) in [6.07, 6.45) is 9.25. The zero-order chi connectivity index (χ0) is 15.2. The van der Waals surface area contributed by atoms with Crippen LogP contribution in [-0.2, 0) is 4.79 Å². The molecule has 0 aromatic rings. The molecule has 0 aliphatic heterocycles. The minimum atomic E-state index is -0.316. The summed E-state index contributed by atoms with van der Waals surface area (Å²) < 4.78 is 0. The Kier molecular flexibility index (Phi) is 4.06. The van der Waals surface area contributed by atoms with Crippen LogP contribution < -0.4 is 5.73 Å². The lowest BCUT2D eigenvalue weighted by atomic mass is 9.49. The highest BCUT2D eigenvalue weighted by Crippen LogP contribution is 2.60. The van der Waals surface area contributed by atoms with Crippen LogP contribution in [0.3, 0.4) is 0 Å². The number of hydrogen-bond donors (Lipinski definition) is 1. The summed E-state index contributed by atoms with van der Waals surface area (Å²) >= 11 is 0. The molecule has 4 fully saturated rings. The molecule has 0 aromatic carbocycles. The predicted molar refractivity (Wildman–Crippen MR) is 85.7 cm³/mol. The van der Waals surface area contributed by atoms with E-state index in [9.17, 15) is 4.79 Å². The van der Waals surface area contributed by atoms with E-state index in [1.54, 1.807) is 0 Å². The number of carbonyl (C=O) groups is 1. The fraction of sp³-hybridized carbons (Fsp3) is 0.944. The third kappa shape index (κ3) is 3.13. The van der Waals surface area contributed by atoms with Gasteiger partial charge in [-0.1, -0.05) is 13.8 Å². The maximum atomic E-state index is 12.5. The Morgan fingerprint density at radius 3 is 2.05 bits per heavy atom. The first kappa shape index (κ1) is 15.3. The van der Waals surface area contributed by atoms with E-state index in [4.69, 9.17) is 5.73 Å². The number of rotatable bonds is 5. The summed E-state index contributed by atoms with van der Waals surface area (Å²) in [4.78, 5) is 14.5. The number of carbonyl (C=O) groups excluding carboxylic acids is 1. The van der Waals surface area contributed by atoms with E-state index in [1.165, 1.54) is 38.5 Å². The van der Waals surface area contributed by atoms with Gasteiger partial charge in [-0.15, -0.1) is 0 Å². The number of amides is 1. The van der Waals surface area contributed by atoms with Gasteiger partial charge in [0.25, 0.3) is 0 Å². The van der Waals surface area contributed by atoms with Gasteiger partial charge in [0, 0.05) is 13.6 Å². The fourth-order valence-corrected chi connectivity index (χ4v) is 5.96. The summed E-state index contributed by atoms with van der Waals surface area (Å²) in [6, 6.07) is -0.316. The van der Waals surface area contributed by atoms with Crippen LogP contribution in [0.1, 0.15) is 58.8 Å². The largest absolute Gasteiger partial charge is 0.344 e. The van der Waals surface area contributed by atoms with E-state index < -0.39 is 0 Å². The van der Waals surface area contributed by atoms with Crippen LogP contribution in [0.2, 0.25) is 0 Å². The summed E-state index contributed by atoms with van der Waals surface area (Å²) in [5, 5.41) is 0. The second-order valence-corrected chi connectivity index (χ2v) is 8.85. The van der Waals surface area contributed by atoms with Gasteiger partial charge in [-0.25, -0.2) is 0 Å². The molecule has 3 nitrogen and oxygen atoms in total. The van der Waals surface area contributed by atoms with Crippen LogP contribution in [0.4, 0.5) is 0 Å². The molecule has 4 bridgehead atoms. The molecule has 2 N–H and O–H groups in total. The Balaban J connectivity index is 1.62. The average molecular weight is 292 g/mol. The van der Waals surface area contributed by atoms with Gasteiger partial charge in [0.2, 0.25) is 5.91 Å². The van der Waals surface area contributed by atoms with Crippen LogP contribution in [0.25, 0.3) is 0 Å². The number of likely N-dealkylation sites (N-methyl/N-ethyl adjacent to an activating group) is 1. The number of hydrogen-bond acceptors (Lipinski definition) is 2. The molecule has 1 unspecified atom stereocenters. The molecule has 4 rings (SSSR count). The summed E-state index contributed by atoms with van der Waals surface area (Å²) in [6.45, 7) is 5.21. The molecule has 4 aliphatic rings. The highest BCUT2D eigenvalue weighted by molar-refractivity contribution is 5.81. The van der Waals surface area contributed by atoms with Crippen LogP contribution >= 0.6 is 0 Å². The normalized spacial score (nSPS) is 38.8. The van der Waals surface area contributed by atoms with Crippen LogP contribution in [0.5, 0.6) is 0 Å². The second-order valence-electron chi connectivity index (χ2n) is 8.85. The molecular formula is C18H32N2O. The molecule has 1 amide bonds. The lowest BCUT2D eigenvalue weighted by Crippen LogP contribution is -2.53. The quantitative estimate of drug-likeness (QED) is 0.846. The van der Waals surface area contributed by atoms with Gasteiger partial charge in [0.05, 0.1) is 6.04 Å². The van der Waals surface area contributed by atoms with Crippen molar-refractivity contribution in [1.82, 2.24) is 4.90 Å². The van der Waals surface area contributed by atoms with Crippen molar-refractivity contribution in [2.24, 2.45) is 34.8 Å². The van der Waals surface area contributed by atoms with Gasteiger partial charge >= 0.3 is 0 Å². The molecule has 4 aliphatic carbocycles. The first-order valence-corrected chi connectivity index (χ1v) is 8.87. The Labute approximate surface area is 129 Å². The standard InChI is InChI=1S/C18H32N2O/c1-12(2)4-16(19)17(21)20(3)11-18-8-13-5-14(9-18)7-15(6-13)10-18/h12-16H,4-11,19H2,1-3H3. The lowest BCUT2D eigenvalue weighted by Gasteiger charge is -2.57. The Bertz CT molecular complexity index is 369. The van der Waals surface area contributed by atoms with Gasteiger partial charge in [0.15, 0.2) is 0 Å². The van der Waals surface area contributed by atoms with Crippen molar-refractivity contribution in [3.8, 4) is 0 Å². The topological polar surface area (TPSA) is 46.3 Å². The monoisotopic (exact) mass is 292 g/mol. The zero-order valence-corrected chi connectivity index (χ0v) is 14.0. The van der Waals surface area contributed by atoms with Gasteiger partial charge in [-0.05, 0) is 74.0 Å². The number of nitrogens with two attached hydrogens (primary N) is 1. The van der Waals surface area contributed by atoms with E-state index in [0.29, 0.717) is 11.3 Å². The molecule has 1 atom stereocenters. The fourth-order valence-electron chi connectivity index (χ4n) is 5.96. The van der Waals surface area contributed by atoms with E-state index in [-0.39, 0.29) is 11.9 Å².